The van der Waals surface area contributed by atoms with Crippen molar-refractivity contribution < 1.29 is 9.53 Å². The first-order chi connectivity index (χ1) is 12.1. The summed E-state index contributed by atoms with van der Waals surface area (Å²) in [6, 6.07) is 17.7. The van der Waals surface area contributed by atoms with Crippen LogP contribution < -0.4 is 10.6 Å². The van der Waals surface area contributed by atoms with Crippen LogP contribution in [0.5, 0.6) is 0 Å². The maximum Gasteiger partial charge on any atom is 0.338 e. The standard InChI is InChI=1S/C20H25N3O2/c1-4-25-19(24)18-12-10-16(11-13-18)14-22-20(21-3)23-15(2)17-8-6-5-7-9-17/h5-13,15H,4,14H2,1-3H3,(H2,21,22,23). The second kappa shape index (κ2) is 9.47. The Morgan fingerprint density at radius 2 is 1.80 bits per heavy atom. The number of ether oxygens (including phenoxy) is 1. The molecule has 1 atom stereocenters. The molecule has 0 aliphatic heterocycles. The molecule has 2 aromatic carbocycles. The number of hydrogen-bond donors (Lipinski definition) is 2. The fraction of sp³-hybridized carbons (Fsp3) is 0.300. The van der Waals surface area contributed by atoms with Gasteiger partial charge in [-0.05, 0) is 37.1 Å². The van der Waals surface area contributed by atoms with Crippen molar-refractivity contribution in [3.63, 3.8) is 0 Å². The lowest BCUT2D eigenvalue weighted by atomic mass is 10.1. The van der Waals surface area contributed by atoms with Crippen molar-refractivity contribution >= 4 is 11.9 Å². The zero-order chi connectivity index (χ0) is 18.1. The Morgan fingerprint density at radius 1 is 1.12 bits per heavy atom. The molecular formula is C20H25N3O2. The Morgan fingerprint density at radius 3 is 2.40 bits per heavy atom. The van der Waals surface area contributed by atoms with Gasteiger partial charge in [0.1, 0.15) is 0 Å². The van der Waals surface area contributed by atoms with Gasteiger partial charge in [0.25, 0.3) is 0 Å². The van der Waals surface area contributed by atoms with Gasteiger partial charge in [0.2, 0.25) is 0 Å². The Bertz CT molecular complexity index is 697. The number of hydrogen-bond acceptors (Lipinski definition) is 3. The third kappa shape index (κ3) is 5.64. The second-order valence-electron chi connectivity index (χ2n) is 5.62. The van der Waals surface area contributed by atoms with Gasteiger partial charge in [-0.25, -0.2) is 4.79 Å². The Labute approximate surface area is 149 Å². The van der Waals surface area contributed by atoms with Crippen LogP contribution in [-0.4, -0.2) is 25.6 Å². The molecule has 25 heavy (non-hydrogen) atoms. The summed E-state index contributed by atoms with van der Waals surface area (Å²) < 4.78 is 4.99. The summed E-state index contributed by atoms with van der Waals surface area (Å²) in [5.74, 6) is 0.432. The largest absolute Gasteiger partial charge is 0.462 e. The minimum Gasteiger partial charge on any atom is -0.462 e. The number of nitrogens with zero attached hydrogens (tertiary/aromatic N) is 1. The predicted octanol–water partition coefficient (Wildman–Crippen LogP) is 3.29. The molecule has 2 N–H and O–H groups in total. The van der Waals surface area contributed by atoms with Gasteiger partial charge in [-0.3, -0.25) is 4.99 Å². The molecule has 0 bridgehead atoms. The zero-order valence-corrected chi connectivity index (χ0v) is 15.0. The van der Waals surface area contributed by atoms with E-state index in [9.17, 15) is 4.79 Å². The van der Waals surface area contributed by atoms with Crippen molar-refractivity contribution in [1.82, 2.24) is 10.6 Å². The lowest BCUT2D eigenvalue weighted by molar-refractivity contribution is 0.0526. The van der Waals surface area contributed by atoms with E-state index in [-0.39, 0.29) is 12.0 Å². The molecule has 0 heterocycles. The van der Waals surface area contributed by atoms with Crippen LogP contribution in [0.15, 0.2) is 59.6 Å². The average Bonchev–Trinajstić information content (AvgIpc) is 2.66. The van der Waals surface area contributed by atoms with Crippen LogP contribution >= 0.6 is 0 Å². The van der Waals surface area contributed by atoms with E-state index in [0.29, 0.717) is 18.7 Å². The molecule has 5 heteroatoms. The van der Waals surface area contributed by atoms with Crippen molar-refractivity contribution in [2.24, 2.45) is 4.99 Å². The lowest BCUT2D eigenvalue weighted by Crippen LogP contribution is -2.38. The molecule has 0 fully saturated rings. The van der Waals surface area contributed by atoms with Crippen LogP contribution in [0.4, 0.5) is 0 Å². The van der Waals surface area contributed by atoms with E-state index in [2.05, 4.69) is 34.7 Å². The summed E-state index contributed by atoms with van der Waals surface area (Å²) in [7, 11) is 1.75. The highest BCUT2D eigenvalue weighted by Crippen LogP contribution is 2.11. The van der Waals surface area contributed by atoms with Crippen LogP contribution in [0.1, 0.15) is 41.4 Å². The topological polar surface area (TPSA) is 62.7 Å². The van der Waals surface area contributed by atoms with Gasteiger partial charge in [-0.2, -0.15) is 0 Å². The smallest absolute Gasteiger partial charge is 0.338 e. The van der Waals surface area contributed by atoms with Crippen molar-refractivity contribution in [2.45, 2.75) is 26.4 Å². The zero-order valence-electron chi connectivity index (χ0n) is 15.0. The summed E-state index contributed by atoms with van der Waals surface area (Å²) in [4.78, 5) is 15.9. The van der Waals surface area contributed by atoms with Crippen molar-refractivity contribution in [3.8, 4) is 0 Å². The van der Waals surface area contributed by atoms with Gasteiger partial charge in [-0.1, -0.05) is 42.5 Å². The van der Waals surface area contributed by atoms with Gasteiger partial charge in [0, 0.05) is 13.6 Å². The number of esters is 1. The average molecular weight is 339 g/mol. The summed E-state index contributed by atoms with van der Waals surface area (Å²) in [6.07, 6.45) is 0. The van der Waals surface area contributed by atoms with E-state index in [1.165, 1.54) is 5.56 Å². The highest BCUT2D eigenvalue weighted by molar-refractivity contribution is 5.89. The Balaban J connectivity index is 1.89. The molecule has 132 valence electrons. The molecule has 5 nitrogen and oxygen atoms in total. The number of rotatable bonds is 6. The third-order valence-corrected chi connectivity index (χ3v) is 3.80. The third-order valence-electron chi connectivity index (χ3n) is 3.80. The van der Waals surface area contributed by atoms with Gasteiger partial charge < -0.3 is 15.4 Å². The minimum absolute atomic E-state index is 0.151. The molecule has 0 aliphatic rings. The van der Waals surface area contributed by atoms with E-state index in [4.69, 9.17) is 4.74 Å². The number of nitrogens with one attached hydrogen (secondary N) is 2. The molecule has 1 unspecified atom stereocenters. The van der Waals surface area contributed by atoms with Crippen LogP contribution in [0.3, 0.4) is 0 Å². The van der Waals surface area contributed by atoms with Crippen LogP contribution in [0.2, 0.25) is 0 Å². The SMILES string of the molecule is CCOC(=O)c1ccc(CNC(=NC)NC(C)c2ccccc2)cc1. The molecular weight excluding hydrogens is 314 g/mol. The van der Waals surface area contributed by atoms with Gasteiger partial charge in [-0.15, -0.1) is 0 Å². The van der Waals surface area contributed by atoms with Crippen LogP contribution in [0, 0.1) is 0 Å². The lowest BCUT2D eigenvalue weighted by Gasteiger charge is -2.18. The Kier molecular flexibility index (Phi) is 7.01. The quantitative estimate of drug-likeness (QED) is 0.482. The first-order valence-corrected chi connectivity index (χ1v) is 8.42. The summed E-state index contributed by atoms with van der Waals surface area (Å²) >= 11 is 0. The van der Waals surface area contributed by atoms with E-state index in [1.54, 1.807) is 26.1 Å². The number of aliphatic imine (C=N–C) groups is 1. The van der Waals surface area contributed by atoms with Gasteiger partial charge in [0.05, 0.1) is 18.2 Å². The van der Waals surface area contributed by atoms with Crippen molar-refractivity contribution in [1.29, 1.82) is 0 Å². The minimum atomic E-state index is -0.295. The maximum absolute atomic E-state index is 11.7. The van der Waals surface area contributed by atoms with E-state index in [0.717, 1.165) is 11.5 Å². The highest BCUT2D eigenvalue weighted by atomic mass is 16.5. The normalized spacial score (nSPS) is 12.4. The fourth-order valence-corrected chi connectivity index (χ4v) is 2.38. The summed E-state index contributed by atoms with van der Waals surface area (Å²) in [5, 5.41) is 6.65. The Hall–Kier alpha value is -2.82. The molecule has 0 aliphatic carbocycles. The van der Waals surface area contributed by atoms with Crippen molar-refractivity contribution in [2.75, 3.05) is 13.7 Å². The fourth-order valence-electron chi connectivity index (χ4n) is 2.38. The van der Waals surface area contributed by atoms with Crippen LogP contribution in [0.25, 0.3) is 0 Å². The van der Waals surface area contributed by atoms with E-state index in [1.807, 2.05) is 30.3 Å². The van der Waals surface area contributed by atoms with Gasteiger partial charge >= 0.3 is 5.97 Å². The molecule has 0 aromatic heterocycles. The molecule has 0 saturated heterocycles. The molecule has 0 saturated carbocycles. The summed E-state index contributed by atoms with van der Waals surface area (Å²) in [5.41, 5.74) is 2.82. The van der Waals surface area contributed by atoms with E-state index < -0.39 is 0 Å². The van der Waals surface area contributed by atoms with Crippen LogP contribution in [-0.2, 0) is 11.3 Å². The predicted molar refractivity (Wildman–Crippen MR) is 101 cm³/mol. The molecule has 0 amide bonds. The van der Waals surface area contributed by atoms with Crippen molar-refractivity contribution in [3.05, 3.63) is 71.3 Å². The first-order valence-electron chi connectivity index (χ1n) is 8.42. The summed E-state index contributed by atoms with van der Waals surface area (Å²) in [6.45, 7) is 4.88. The highest BCUT2D eigenvalue weighted by Gasteiger charge is 2.08. The first kappa shape index (κ1) is 18.5. The van der Waals surface area contributed by atoms with E-state index >= 15 is 0 Å². The molecule has 0 radical (unpaired) electrons. The maximum atomic E-state index is 11.7. The number of guanidine groups is 1. The molecule has 0 spiro atoms. The molecule has 2 aromatic rings. The van der Waals surface area contributed by atoms with Gasteiger partial charge in [0.15, 0.2) is 5.96 Å². The second-order valence-corrected chi connectivity index (χ2v) is 5.62. The number of carbonyl (C=O) groups excluding carboxylic acids is 1. The monoisotopic (exact) mass is 339 g/mol. The molecule has 2 rings (SSSR count). The number of carbonyl (C=O) groups is 1. The number of benzene rings is 2.